The maximum atomic E-state index is 13.4. The first-order valence-electron chi connectivity index (χ1n) is 8.90. The molecule has 0 saturated heterocycles. The predicted octanol–water partition coefficient (Wildman–Crippen LogP) is 4.36. The number of aromatic nitrogens is 2. The molecule has 0 radical (unpaired) electrons. The molecule has 0 amide bonds. The van der Waals surface area contributed by atoms with Crippen molar-refractivity contribution in [3.05, 3.63) is 63.9 Å². The lowest BCUT2D eigenvalue weighted by Crippen LogP contribution is -2.52. The first-order chi connectivity index (χ1) is 13.9. The Hall–Kier alpha value is -2.13. The fourth-order valence-electron chi connectivity index (χ4n) is 3.75. The SMILES string of the molecule is CC1=CC(C)(C)C=C(c2cc[nH]n2)C1(C(=O)COc1ccc(Cl)cc1Cl)S(=O)(=O)O. The van der Waals surface area contributed by atoms with Crippen molar-refractivity contribution in [2.45, 2.75) is 25.5 Å². The highest BCUT2D eigenvalue weighted by atomic mass is 35.5. The summed E-state index contributed by atoms with van der Waals surface area (Å²) >= 11 is 11.9. The number of benzene rings is 1. The van der Waals surface area contributed by atoms with E-state index >= 15 is 0 Å². The van der Waals surface area contributed by atoms with Crippen molar-refractivity contribution < 1.29 is 22.5 Å². The minimum absolute atomic E-state index is 0.0621. The van der Waals surface area contributed by atoms with E-state index in [0.29, 0.717) is 5.02 Å². The lowest BCUT2D eigenvalue weighted by molar-refractivity contribution is -0.121. The molecular formula is C20H20Cl2N2O5S. The van der Waals surface area contributed by atoms with Gasteiger partial charge in [0.05, 0.1) is 10.7 Å². The minimum atomic E-state index is -4.96. The van der Waals surface area contributed by atoms with Crippen LogP contribution in [0.25, 0.3) is 5.57 Å². The Balaban J connectivity index is 2.11. The standard InChI is InChI=1S/C20H20Cl2N2O5S/c1-12-9-19(2,3)10-14(16-6-7-23-24-16)20(12,30(26,27)28)18(25)11-29-17-5-4-13(21)8-15(17)22/h4-10H,11H2,1-3H3,(H,23,24)(H,26,27,28). The molecule has 0 bridgehead atoms. The lowest BCUT2D eigenvalue weighted by Gasteiger charge is -2.38. The third kappa shape index (κ3) is 3.92. The van der Waals surface area contributed by atoms with Gasteiger partial charge in [-0.2, -0.15) is 13.5 Å². The number of Topliss-reactive ketones (excluding diaryl/α,β-unsaturated/α-hetero) is 1. The Morgan fingerprint density at radius 1 is 1.23 bits per heavy atom. The fraction of sp³-hybridized carbons (Fsp3) is 0.300. The molecule has 1 aliphatic rings. The van der Waals surface area contributed by atoms with Gasteiger partial charge < -0.3 is 4.74 Å². The van der Waals surface area contributed by atoms with Crippen molar-refractivity contribution in [3.63, 3.8) is 0 Å². The highest BCUT2D eigenvalue weighted by molar-refractivity contribution is 7.89. The zero-order valence-electron chi connectivity index (χ0n) is 16.4. The Morgan fingerprint density at radius 2 is 1.93 bits per heavy atom. The molecule has 0 aliphatic heterocycles. The van der Waals surface area contributed by atoms with Crippen molar-refractivity contribution in [1.29, 1.82) is 0 Å². The third-order valence-corrected chi connectivity index (χ3v) is 6.92. The van der Waals surface area contributed by atoms with E-state index in [2.05, 4.69) is 10.2 Å². The quantitative estimate of drug-likeness (QED) is 0.479. The minimum Gasteiger partial charge on any atom is -0.484 e. The number of ether oxygens (including phenoxy) is 1. The van der Waals surface area contributed by atoms with Gasteiger partial charge in [0.25, 0.3) is 10.1 Å². The monoisotopic (exact) mass is 470 g/mol. The van der Waals surface area contributed by atoms with E-state index in [1.807, 2.05) is 13.8 Å². The first-order valence-corrected chi connectivity index (χ1v) is 11.1. The van der Waals surface area contributed by atoms with Crippen molar-refractivity contribution in [3.8, 4) is 5.75 Å². The third-order valence-electron chi connectivity index (χ3n) is 4.85. The first kappa shape index (κ1) is 22.6. The molecule has 160 valence electrons. The normalized spacial score (nSPS) is 21.0. The summed E-state index contributed by atoms with van der Waals surface area (Å²) in [5.41, 5.74) is -0.128. The summed E-state index contributed by atoms with van der Waals surface area (Å²) in [7, 11) is -4.96. The van der Waals surface area contributed by atoms with E-state index in [9.17, 15) is 17.8 Å². The van der Waals surface area contributed by atoms with Crippen molar-refractivity contribution in [1.82, 2.24) is 10.2 Å². The second-order valence-corrected chi connectivity index (χ2v) is 10.0. The van der Waals surface area contributed by atoms with E-state index in [0.717, 1.165) is 0 Å². The van der Waals surface area contributed by atoms with E-state index in [4.69, 9.17) is 27.9 Å². The van der Waals surface area contributed by atoms with Crippen LogP contribution in [0.3, 0.4) is 0 Å². The number of aromatic amines is 1. The fourth-order valence-corrected chi connectivity index (χ4v) is 5.46. The van der Waals surface area contributed by atoms with Gasteiger partial charge in [0.15, 0.2) is 0 Å². The smallest absolute Gasteiger partial charge is 0.286 e. The number of nitrogens with one attached hydrogen (secondary N) is 1. The number of halogens is 2. The molecule has 1 atom stereocenters. The number of ketones is 1. The van der Waals surface area contributed by atoms with E-state index in [1.165, 1.54) is 37.4 Å². The average molecular weight is 471 g/mol. The Morgan fingerprint density at radius 3 is 2.50 bits per heavy atom. The number of nitrogens with zero attached hydrogens (tertiary/aromatic N) is 1. The van der Waals surface area contributed by atoms with Gasteiger partial charge in [-0.25, -0.2) is 0 Å². The second kappa shape index (κ2) is 7.85. The van der Waals surface area contributed by atoms with Gasteiger partial charge in [0.1, 0.15) is 12.4 Å². The molecule has 1 aromatic heterocycles. The van der Waals surface area contributed by atoms with E-state index < -0.39 is 32.7 Å². The molecular weight excluding hydrogens is 451 g/mol. The Kier molecular flexibility index (Phi) is 5.90. The van der Waals surface area contributed by atoms with Gasteiger partial charge in [-0.1, -0.05) is 49.2 Å². The van der Waals surface area contributed by atoms with Gasteiger partial charge >= 0.3 is 0 Å². The number of carbonyl (C=O) groups is 1. The van der Waals surface area contributed by atoms with Gasteiger partial charge in [-0.05, 0) is 36.8 Å². The number of hydrogen-bond donors (Lipinski definition) is 2. The Bertz CT molecular complexity index is 1150. The lowest BCUT2D eigenvalue weighted by atomic mass is 9.73. The van der Waals surface area contributed by atoms with Crippen molar-refractivity contribution in [2.75, 3.05) is 6.61 Å². The number of allylic oxidation sites excluding steroid dienone is 2. The van der Waals surface area contributed by atoms with Crippen LogP contribution in [-0.4, -0.2) is 40.3 Å². The van der Waals surface area contributed by atoms with Crippen LogP contribution in [0.1, 0.15) is 26.5 Å². The maximum absolute atomic E-state index is 13.4. The predicted molar refractivity (Wildman–Crippen MR) is 115 cm³/mol. The van der Waals surface area contributed by atoms with Gasteiger partial charge in [-0.15, -0.1) is 0 Å². The molecule has 7 nitrogen and oxygen atoms in total. The van der Waals surface area contributed by atoms with Crippen LogP contribution < -0.4 is 4.74 Å². The summed E-state index contributed by atoms with van der Waals surface area (Å²) in [4.78, 5) is 13.4. The molecule has 1 aliphatic carbocycles. The molecule has 0 saturated carbocycles. The number of H-pyrrole nitrogens is 1. The number of carbonyl (C=O) groups excluding carboxylic acids is 1. The number of rotatable bonds is 6. The molecule has 10 heteroatoms. The van der Waals surface area contributed by atoms with Crippen LogP contribution in [0.15, 0.2) is 48.2 Å². The Labute approximate surface area is 184 Å². The largest absolute Gasteiger partial charge is 0.484 e. The summed E-state index contributed by atoms with van der Waals surface area (Å²) in [6.45, 7) is 4.54. The molecule has 1 unspecified atom stereocenters. The highest BCUT2D eigenvalue weighted by Gasteiger charge is 2.57. The van der Waals surface area contributed by atoms with Gasteiger partial charge in [0, 0.05) is 22.2 Å². The molecule has 2 aromatic rings. The van der Waals surface area contributed by atoms with Gasteiger partial charge in [0.2, 0.25) is 10.5 Å². The summed E-state index contributed by atoms with van der Waals surface area (Å²) < 4.78 is 38.9. The van der Waals surface area contributed by atoms with Gasteiger partial charge in [-0.3, -0.25) is 14.4 Å². The van der Waals surface area contributed by atoms with Crippen LogP contribution in [0, 0.1) is 5.41 Å². The summed E-state index contributed by atoms with van der Waals surface area (Å²) in [5.74, 6) is -0.725. The number of hydrogen-bond acceptors (Lipinski definition) is 5. The molecule has 30 heavy (non-hydrogen) atoms. The molecule has 2 N–H and O–H groups in total. The molecule has 0 spiro atoms. The van der Waals surface area contributed by atoms with Crippen LogP contribution in [0.2, 0.25) is 10.0 Å². The molecule has 0 fully saturated rings. The summed E-state index contributed by atoms with van der Waals surface area (Å²) in [5, 5.41) is 7.20. The second-order valence-electron chi connectivity index (χ2n) is 7.61. The van der Waals surface area contributed by atoms with Crippen LogP contribution in [0.4, 0.5) is 0 Å². The van der Waals surface area contributed by atoms with Crippen molar-refractivity contribution >= 4 is 44.7 Å². The van der Waals surface area contributed by atoms with Crippen LogP contribution in [0.5, 0.6) is 5.75 Å². The average Bonchev–Trinajstić information content (AvgIpc) is 3.12. The van der Waals surface area contributed by atoms with Crippen molar-refractivity contribution in [2.24, 2.45) is 5.41 Å². The van der Waals surface area contributed by atoms with E-state index in [-0.39, 0.29) is 27.6 Å². The summed E-state index contributed by atoms with van der Waals surface area (Å²) in [6.07, 6.45) is 4.74. The molecule has 3 rings (SSSR count). The maximum Gasteiger partial charge on any atom is 0.286 e. The topological polar surface area (TPSA) is 109 Å². The molecule has 1 aromatic carbocycles. The molecule has 1 heterocycles. The van der Waals surface area contributed by atoms with Crippen LogP contribution in [-0.2, 0) is 14.9 Å². The zero-order valence-corrected chi connectivity index (χ0v) is 18.8. The van der Waals surface area contributed by atoms with E-state index in [1.54, 1.807) is 12.2 Å². The summed E-state index contributed by atoms with van der Waals surface area (Å²) in [6, 6.07) is 5.96. The zero-order chi connectivity index (χ0) is 22.3. The van der Waals surface area contributed by atoms with Crippen LogP contribution >= 0.6 is 23.2 Å². The highest BCUT2D eigenvalue weighted by Crippen LogP contribution is 2.47.